The van der Waals surface area contributed by atoms with E-state index in [1.54, 1.807) is 60.7 Å². The molecule has 0 radical (unpaired) electrons. The normalized spacial score (nSPS) is 14.3. The Morgan fingerprint density at radius 2 is 1.40 bits per heavy atom. The van der Waals surface area contributed by atoms with Crippen LogP contribution in [0.15, 0.2) is 108 Å². The summed E-state index contributed by atoms with van der Waals surface area (Å²) < 4.78 is 30.3. The topological polar surface area (TPSA) is 86.8 Å². The molecule has 1 N–H and O–H groups in total. The third-order valence-corrected chi connectivity index (χ3v) is 11.6. The van der Waals surface area contributed by atoms with Gasteiger partial charge in [0.05, 0.1) is 10.6 Å². The summed E-state index contributed by atoms with van der Waals surface area (Å²) in [5.74, 6) is -0.872. The van der Waals surface area contributed by atoms with Gasteiger partial charge in [0.25, 0.3) is 10.0 Å². The Morgan fingerprint density at radius 3 is 2.02 bits per heavy atom. The van der Waals surface area contributed by atoms with Crippen molar-refractivity contribution in [2.24, 2.45) is 0 Å². The smallest absolute Gasteiger partial charge is 0.264 e. The molecule has 7 nitrogen and oxygen atoms in total. The van der Waals surface area contributed by atoms with E-state index in [0.29, 0.717) is 21.3 Å². The van der Waals surface area contributed by atoms with Crippen molar-refractivity contribution >= 4 is 73.3 Å². The summed E-state index contributed by atoms with van der Waals surface area (Å²) in [6.07, 6.45) is 5.11. The van der Waals surface area contributed by atoms with Gasteiger partial charge in [-0.05, 0) is 89.5 Å². The Bertz CT molecular complexity index is 1750. The molecule has 0 aromatic heterocycles. The van der Waals surface area contributed by atoms with E-state index < -0.39 is 28.5 Å². The highest BCUT2D eigenvalue weighted by molar-refractivity contribution is 14.1. The predicted molar refractivity (Wildman–Crippen MR) is 196 cm³/mol. The maximum atomic E-state index is 14.7. The van der Waals surface area contributed by atoms with Crippen LogP contribution in [-0.4, -0.2) is 43.8 Å². The number of hydrogen-bond donors (Lipinski definition) is 1. The molecule has 0 aliphatic heterocycles. The lowest BCUT2D eigenvalue weighted by molar-refractivity contribution is -0.140. The summed E-state index contributed by atoms with van der Waals surface area (Å²) in [6.45, 7) is -0.652. The molecule has 4 aromatic rings. The minimum Gasteiger partial charge on any atom is -0.352 e. The van der Waals surface area contributed by atoms with Crippen molar-refractivity contribution in [3.63, 3.8) is 0 Å². The lowest BCUT2D eigenvalue weighted by Gasteiger charge is -2.35. The van der Waals surface area contributed by atoms with Gasteiger partial charge in [-0.25, -0.2) is 8.42 Å². The number of halogens is 3. The monoisotopic (exact) mass is 803 g/mol. The second-order valence-electron chi connectivity index (χ2n) is 11.6. The maximum Gasteiger partial charge on any atom is 0.264 e. The molecule has 0 spiro atoms. The van der Waals surface area contributed by atoms with Crippen LogP contribution >= 0.6 is 45.8 Å². The van der Waals surface area contributed by atoms with Gasteiger partial charge in [0.2, 0.25) is 11.8 Å². The summed E-state index contributed by atoms with van der Waals surface area (Å²) in [4.78, 5) is 30.4. The number of sulfonamides is 1. The van der Waals surface area contributed by atoms with Gasteiger partial charge in [-0.3, -0.25) is 13.9 Å². The highest BCUT2D eigenvalue weighted by Crippen LogP contribution is 2.29. The third kappa shape index (κ3) is 9.07. The van der Waals surface area contributed by atoms with E-state index in [2.05, 4.69) is 27.9 Å². The van der Waals surface area contributed by atoms with Crippen molar-refractivity contribution in [2.75, 3.05) is 10.8 Å². The molecule has 0 bridgehead atoms. The third-order valence-electron chi connectivity index (χ3n) is 8.34. The first kappa shape index (κ1) is 35.2. The van der Waals surface area contributed by atoms with Crippen molar-refractivity contribution in [3.05, 3.63) is 128 Å². The first-order valence-corrected chi connectivity index (χ1v) is 18.8. The Labute approximate surface area is 300 Å². The van der Waals surface area contributed by atoms with E-state index in [-0.39, 0.29) is 29.8 Å². The fourth-order valence-corrected chi connectivity index (χ4v) is 8.12. The molecule has 246 valence electrons. The summed E-state index contributed by atoms with van der Waals surface area (Å²) in [7, 11) is -4.18. The Morgan fingerprint density at radius 1 is 0.809 bits per heavy atom. The second kappa shape index (κ2) is 16.3. The summed E-state index contributed by atoms with van der Waals surface area (Å²) in [5, 5.41) is 3.89. The Kier molecular flexibility index (Phi) is 12.2. The van der Waals surface area contributed by atoms with Crippen molar-refractivity contribution in [1.82, 2.24) is 10.2 Å². The molecule has 11 heteroatoms. The maximum absolute atomic E-state index is 14.7. The quantitative estimate of drug-likeness (QED) is 0.148. The first-order valence-electron chi connectivity index (χ1n) is 15.5. The molecule has 1 fully saturated rings. The fourth-order valence-electron chi connectivity index (χ4n) is 5.81. The number of carbonyl (C=O) groups is 2. The van der Waals surface area contributed by atoms with E-state index in [1.165, 1.54) is 17.0 Å². The number of nitrogens with one attached hydrogen (secondary N) is 1. The van der Waals surface area contributed by atoms with Gasteiger partial charge in [0, 0.05) is 38.2 Å². The minimum absolute atomic E-state index is 0.00266. The Balaban J connectivity index is 1.58. The van der Waals surface area contributed by atoms with Gasteiger partial charge in [-0.1, -0.05) is 97.1 Å². The zero-order valence-corrected chi connectivity index (χ0v) is 30.2. The van der Waals surface area contributed by atoms with Crippen LogP contribution in [0.25, 0.3) is 0 Å². The average Bonchev–Trinajstić information content (AvgIpc) is 3.08. The van der Waals surface area contributed by atoms with Crippen LogP contribution in [0.3, 0.4) is 0 Å². The van der Waals surface area contributed by atoms with E-state index in [1.807, 2.05) is 30.3 Å². The molecule has 4 aromatic carbocycles. The SMILES string of the molecule is O=C(NC1CCCCC1)[C@@H](Cc1ccccc1)N(Cc1c(Cl)cccc1Cl)C(=O)CN(c1ccc(I)cc1)S(=O)(=O)c1ccccc1. The zero-order valence-electron chi connectivity index (χ0n) is 25.7. The second-order valence-corrected chi connectivity index (χ2v) is 15.5. The number of amides is 2. The molecule has 1 aliphatic carbocycles. The summed E-state index contributed by atoms with van der Waals surface area (Å²) in [5.41, 5.74) is 1.65. The largest absolute Gasteiger partial charge is 0.352 e. The lowest BCUT2D eigenvalue weighted by atomic mass is 9.94. The van der Waals surface area contributed by atoms with E-state index in [0.717, 1.165) is 45.5 Å². The van der Waals surface area contributed by atoms with E-state index in [4.69, 9.17) is 23.2 Å². The Hall–Kier alpha value is -3.12. The van der Waals surface area contributed by atoms with Crippen LogP contribution in [0.1, 0.15) is 43.2 Å². The van der Waals surface area contributed by atoms with Crippen molar-refractivity contribution in [3.8, 4) is 0 Å². The van der Waals surface area contributed by atoms with Gasteiger partial charge >= 0.3 is 0 Å². The van der Waals surface area contributed by atoms with Crippen LogP contribution in [-0.2, 0) is 32.6 Å². The van der Waals surface area contributed by atoms with Crippen LogP contribution < -0.4 is 9.62 Å². The molecule has 47 heavy (non-hydrogen) atoms. The molecule has 0 heterocycles. The highest BCUT2D eigenvalue weighted by atomic mass is 127. The van der Waals surface area contributed by atoms with Crippen LogP contribution in [0.4, 0.5) is 5.69 Å². The molecular formula is C36H36Cl2IN3O4S. The molecule has 1 atom stereocenters. The van der Waals surface area contributed by atoms with Crippen LogP contribution in [0.5, 0.6) is 0 Å². The standard InChI is InChI=1S/C36H36Cl2IN3O4S/c37-32-17-10-18-33(38)31(32)24-41(34(23-26-11-4-1-5-12-26)36(44)40-28-13-6-2-7-14-28)35(43)25-42(29-21-19-27(39)20-22-29)47(45,46)30-15-8-3-9-16-30/h1,3-5,8-12,15-22,28,34H,2,6-7,13-14,23-25H2,(H,40,44)/t34-/m1/s1. The zero-order chi connectivity index (χ0) is 33.4. The van der Waals surface area contributed by atoms with Crippen molar-refractivity contribution < 1.29 is 18.0 Å². The summed E-state index contributed by atoms with van der Waals surface area (Å²) >= 11 is 15.4. The number of nitrogens with zero attached hydrogens (tertiary/aromatic N) is 2. The molecule has 2 amide bonds. The molecule has 0 unspecified atom stereocenters. The van der Waals surface area contributed by atoms with Crippen LogP contribution in [0.2, 0.25) is 10.0 Å². The highest BCUT2D eigenvalue weighted by Gasteiger charge is 2.36. The first-order chi connectivity index (χ1) is 22.6. The van der Waals surface area contributed by atoms with Crippen molar-refractivity contribution in [2.45, 2.75) is 62.0 Å². The van der Waals surface area contributed by atoms with Gasteiger partial charge in [0.15, 0.2) is 0 Å². The molecule has 1 aliphatic rings. The van der Waals surface area contributed by atoms with Crippen molar-refractivity contribution in [1.29, 1.82) is 0 Å². The average molecular weight is 805 g/mol. The van der Waals surface area contributed by atoms with E-state index in [9.17, 15) is 18.0 Å². The van der Waals surface area contributed by atoms with Gasteiger partial charge in [0.1, 0.15) is 12.6 Å². The predicted octanol–water partition coefficient (Wildman–Crippen LogP) is 7.88. The van der Waals surface area contributed by atoms with E-state index >= 15 is 0 Å². The fraction of sp³-hybridized carbons (Fsp3) is 0.278. The minimum atomic E-state index is -4.18. The number of benzene rings is 4. The molecular weight excluding hydrogens is 768 g/mol. The summed E-state index contributed by atoms with van der Waals surface area (Å²) in [6, 6.07) is 28.5. The lowest BCUT2D eigenvalue weighted by Crippen LogP contribution is -2.55. The number of hydrogen-bond acceptors (Lipinski definition) is 4. The number of carbonyl (C=O) groups excluding carboxylic acids is 2. The van der Waals surface area contributed by atoms with Gasteiger partial charge in [-0.15, -0.1) is 0 Å². The van der Waals surface area contributed by atoms with Crippen LogP contribution in [0, 0.1) is 3.57 Å². The number of rotatable bonds is 12. The molecule has 1 saturated carbocycles. The van der Waals surface area contributed by atoms with Gasteiger partial charge in [-0.2, -0.15) is 0 Å². The number of anilines is 1. The van der Waals surface area contributed by atoms with Gasteiger partial charge < -0.3 is 10.2 Å². The molecule has 5 rings (SSSR count). The molecule has 0 saturated heterocycles.